The molecule has 0 aliphatic heterocycles. The summed E-state index contributed by atoms with van der Waals surface area (Å²) in [5, 5.41) is 33.3. The number of rotatable bonds is 9. The van der Waals surface area contributed by atoms with E-state index in [9.17, 15) is 14.3 Å². The lowest BCUT2D eigenvalue weighted by molar-refractivity contribution is -0.138. The molecule has 2 N–H and O–H groups in total. The standard InChI is InChI=1S/C15H13BrFN5O6/c16-10-2-1-8(17)3-11(10)26-6-9(23)7-27-13-4-12(28-20-13)15-18-21-22(19-15)5-14(24)25/h1-4,9,23H,5-7H2,(H,24,25). The van der Waals surface area contributed by atoms with Crippen LogP contribution >= 0.6 is 15.9 Å². The van der Waals surface area contributed by atoms with Gasteiger partial charge in [0.15, 0.2) is 6.54 Å². The van der Waals surface area contributed by atoms with E-state index in [1.807, 2.05) is 0 Å². The second-order valence-corrected chi connectivity index (χ2v) is 6.27. The number of carboxylic acids is 1. The minimum Gasteiger partial charge on any atom is -0.489 e. The maximum atomic E-state index is 13.2. The van der Waals surface area contributed by atoms with Crippen LogP contribution in [0.15, 0.2) is 33.3 Å². The molecule has 0 bridgehead atoms. The smallest absolute Gasteiger partial charge is 0.327 e. The van der Waals surface area contributed by atoms with Crippen molar-refractivity contribution in [3.63, 3.8) is 0 Å². The number of ether oxygens (including phenoxy) is 2. The van der Waals surface area contributed by atoms with Crippen LogP contribution in [0.5, 0.6) is 11.6 Å². The van der Waals surface area contributed by atoms with Crippen LogP contribution in [0.25, 0.3) is 11.6 Å². The molecule has 0 radical (unpaired) electrons. The lowest BCUT2D eigenvalue weighted by Crippen LogP contribution is -2.25. The second kappa shape index (κ2) is 8.75. The summed E-state index contributed by atoms with van der Waals surface area (Å²) in [6.45, 7) is -0.756. The largest absolute Gasteiger partial charge is 0.489 e. The lowest BCUT2D eigenvalue weighted by atomic mass is 10.3. The molecule has 11 nitrogen and oxygen atoms in total. The van der Waals surface area contributed by atoms with Crippen LogP contribution in [0.1, 0.15) is 0 Å². The quantitative estimate of drug-likeness (QED) is 0.479. The highest BCUT2D eigenvalue weighted by atomic mass is 79.9. The number of carbonyl (C=O) groups is 1. The first-order valence-electron chi connectivity index (χ1n) is 7.76. The van der Waals surface area contributed by atoms with Gasteiger partial charge in [-0.2, -0.15) is 4.80 Å². The summed E-state index contributed by atoms with van der Waals surface area (Å²) in [6, 6.07) is 5.31. The van der Waals surface area contributed by atoms with Gasteiger partial charge in [0.2, 0.25) is 11.6 Å². The van der Waals surface area contributed by atoms with E-state index < -0.39 is 24.4 Å². The third-order valence-corrected chi connectivity index (χ3v) is 3.84. The lowest BCUT2D eigenvalue weighted by Gasteiger charge is -2.13. The Hall–Kier alpha value is -3.06. The van der Waals surface area contributed by atoms with Gasteiger partial charge in [0.25, 0.3) is 5.88 Å². The van der Waals surface area contributed by atoms with Crippen LogP contribution < -0.4 is 9.47 Å². The fourth-order valence-corrected chi connectivity index (χ4v) is 2.33. The number of tetrazole rings is 1. The molecule has 28 heavy (non-hydrogen) atoms. The Labute approximate surface area is 164 Å². The number of aliphatic carboxylic acids is 1. The van der Waals surface area contributed by atoms with Gasteiger partial charge < -0.3 is 24.2 Å². The molecular formula is C15H13BrFN5O6. The zero-order valence-electron chi connectivity index (χ0n) is 14.0. The first-order valence-corrected chi connectivity index (χ1v) is 8.55. The number of hydrogen-bond acceptors (Lipinski definition) is 9. The van der Waals surface area contributed by atoms with Crippen LogP contribution in [-0.4, -0.2) is 60.9 Å². The molecule has 148 valence electrons. The Bertz CT molecular complexity index is 964. The van der Waals surface area contributed by atoms with E-state index in [2.05, 4.69) is 36.5 Å². The van der Waals surface area contributed by atoms with Gasteiger partial charge in [0.05, 0.1) is 10.5 Å². The molecule has 3 aromatic rings. The SMILES string of the molecule is O=C(O)Cn1nnc(-c2cc(OCC(O)COc3cc(F)ccc3Br)no2)n1. The van der Waals surface area contributed by atoms with Gasteiger partial charge in [0, 0.05) is 6.07 Å². The van der Waals surface area contributed by atoms with Crippen LogP contribution in [0, 0.1) is 5.82 Å². The Balaban J connectivity index is 1.50. The molecule has 1 aromatic carbocycles. The average molecular weight is 458 g/mol. The van der Waals surface area contributed by atoms with E-state index in [4.69, 9.17) is 19.1 Å². The van der Waals surface area contributed by atoms with Crippen molar-refractivity contribution in [2.45, 2.75) is 12.6 Å². The summed E-state index contributed by atoms with van der Waals surface area (Å²) in [4.78, 5) is 11.5. The van der Waals surface area contributed by atoms with Crippen molar-refractivity contribution < 1.29 is 33.4 Å². The molecule has 2 aromatic heterocycles. The first kappa shape index (κ1) is 19.7. The maximum Gasteiger partial charge on any atom is 0.327 e. The highest BCUT2D eigenvalue weighted by Crippen LogP contribution is 2.25. The van der Waals surface area contributed by atoms with Crippen molar-refractivity contribution in [3.05, 3.63) is 34.6 Å². The molecule has 0 saturated carbocycles. The molecule has 0 spiro atoms. The number of halogens is 2. The highest BCUT2D eigenvalue weighted by molar-refractivity contribution is 9.10. The van der Waals surface area contributed by atoms with Gasteiger partial charge in [-0.3, -0.25) is 4.79 Å². The van der Waals surface area contributed by atoms with Gasteiger partial charge in [-0.15, -0.1) is 10.2 Å². The highest BCUT2D eigenvalue weighted by Gasteiger charge is 2.16. The second-order valence-electron chi connectivity index (χ2n) is 5.42. The predicted molar refractivity (Wildman–Crippen MR) is 92.0 cm³/mol. The fraction of sp³-hybridized carbons (Fsp3) is 0.267. The van der Waals surface area contributed by atoms with Crippen LogP contribution in [0.2, 0.25) is 0 Å². The number of carboxylic acid groups (broad SMARTS) is 1. The zero-order chi connectivity index (χ0) is 20.1. The summed E-state index contributed by atoms with van der Waals surface area (Å²) in [5.41, 5.74) is 0. The van der Waals surface area contributed by atoms with Crippen LogP contribution in [0.4, 0.5) is 4.39 Å². The predicted octanol–water partition coefficient (Wildman–Crippen LogP) is 1.13. The molecule has 0 fully saturated rings. The molecule has 13 heteroatoms. The molecule has 1 unspecified atom stereocenters. The first-order chi connectivity index (χ1) is 13.4. The van der Waals surface area contributed by atoms with E-state index in [-0.39, 0.29) is 36.4 Å². The minimum atomic E-state index is -1.12. The van der Waals surface area contributed by atoms with E-state index in [0.29, 0.717) is 4.47 Å². The van der Waals surface area contributed by atoms with Crippen LogP contribution in [0.3, 0.4) is 0 Å². The van der Waals surface area contributed by atoms with Gasteiger partial charge in [0.1, 0.15) is 30.9 Å². The number of hydrogen-bond donors (Lipinski definition) is 2. The summed E-state index contributed by atoms with van der Waals surface area (Å²) in [5.74, 6) is -1.14. The number of aliphatic hydroxyl groups excluding tert-OH is 1. The Morgan fingerprint density at radius 2 is 2.11 bits per heavy atom. The molecule has 0 saturated heterocycles. The number of aromatic nitrogens is 5. The van der Waals surface area contributed by atoms with Gasteiger partial charge in [-0.25, -0.2) is 4.39 Å². The molecule has 1 atom stereocenters. The van der Waals surface area contributed by atoms with Crippen molar-refractivity contribution in [2.24, 2.45) is 0 Å². The van der Waals surface area contributed by atoms with E-state index >= 15 is 0 Å². The Kier molecular flexibility index (Phi) is 6.16. The Morgan fingerprint density at radius 3 is 2.89 bits per heavy atom. The minimum absolute atomic E-state index is 0.0310. The van der Waals surface area contributed by atoms with Crippen molar-refractivity contribution in [3.8, 4) is 23.2 Å². The average Bonchev–Trinajstić information content (AvgIpc) is 3.29. The topological polar surface area (TPSA) is 146 Å². The Morgan fingerprint density at radius 1 is 1.32 bits per heavy atom. The van der Waals surface area contributed by atoms with Gasteiger partial charge in [-0.1, -0.05) is 0 Å². The molecule has 2 heterocycles. The monoisotopic (exact) mass is 457 g/mol. The number of benzene rings is 1. The molecule has 0 amide bonds. The fourth-order valence-electron chi connectivity index (χ4n) is 1.97. The summed E-state index contributed by atoms with van der Waals surface area (Å²) in [6.07, 6.45) is -1.02. The molecule has 0 aliphatic rings. The summed E-state index contributed by atoms with van der Waals surface area (Å²) < 4.78 is 29.4. The number of aliphatic hydroxyl groups is 1. The molecule has 3 rings (SSSR count). The van der Waals surface area contributed by atoms with Crippen LogP contribution in [-0.2, 0) is 11.3 Å². The van der Waals surface area contributed by atoms with Crippen molar-refractivity contribution in [1.29, 1.82) is 0 Å². The van der Waals surface area contributed by atoms with Gasteiger partial charge >= 0.3 is 5.97 Å². The third-order valence-electron chi connectivity index (χ3n) is 3.19. The third kappa shape index (κ3) is 5.23. The van der Waals surface area contributed by atoms with E-state index in [0.717, 1.165) is 4.80 Å². The van der Waals surface area contributed by atoms with E-state index in [1.165, 1.54) is 24.3 Å². The maximum absolute atomic E-state index is 13.2. The summed E-state index contributed by atoms with van der Waals surface area (Å²) >= 11 is 3.22. The number of nitrogens with zero attached hydrogens (tertiary/aromatic N) is 5. The van der Waals surface area contributed by atoms with Crippen molar-refractivity contribution >= 4 is 21.9 Å². The van der Waals surface area contributed by atoms with Crippen molar-refractivity contribution in [1.82, 2.24) is 25.4 Å². The van der Waals surface area contributed by atoms with Gasteiger partial charge in [-0.05, 0) is 38.4 Å². The van der Waals surface area contributed by atoms with Crippen molar-refractivity contribution in [2.75, 3.05) is 13.2 Å². The van der Waals surface area contributed by atoms with E-state index in [1.54, 1.807) is 0 Å². The molecular weight excluding hydrogens is 445 g/mol. The normalized spacial score (nSPS) is 12.0. The summed E-state index contributed by atoms with van der Waals surface area (Å²) in [7, 11) is 0. The zero-order valence-corrected chi connectivity index (χ0v) is 15.6. The molecule has 0 aliphatic carbocycles.